The van der Waals surface area contributed by atoms with Crippen LogP contribution in [0.3, 0.4) is 0 Å². The van der Waals surface area contributed by atoms with E-state index in [0.29, 0.717) is 16.4 Å². The summed E-state index contributed by atoms with van der Waals surface area (Å²) in [4.78, 5) is 26.4. The lowest BCUT2D eigenvalue weighted by atomic mass is 10.1. The minimum Gasteiger partial charge on any atom is -0.368 e. The molecule has 144 valence electrons. The fraction of sp³-hybridized carbons (Fsp3) is 0.350. The van der Waals surface area contributed by atoms with E-state index < -0.39 is 0 Å². The third kappa shape index (κ3) is 3.00. The summed E-state index contributed by atoms with van der Waals surface area (Å²) in [5, 5.41) is 3.99. The molecule has 1 N–H and O–H groups in total. The number of allylic oxidation sites excluding steroid dienone is 2. The normalized spacial score (nSPS) is 22.1. The predicted octanol–water partition coefficient (Wildman–Crippen LogP) is 1.68. The number of rotatable bonds is 2. The van der Waals surface area contributed by atoms with Gasteiger partial charge in [-0.05, 0) is 25.1 Å². The third-order valence-corrected chi connectivity index (χ3v) is 5.64. The smallest absolute Gasteiger partial charge is 0.258 e. The van der Waals surface area contributed by atoms with Gasteiger partial charge in [-0.15, -0.1) is 0 Å². The molecular formula is C20H21ClN6O. The Balaban J connectivity index is 1.52. The van der Waals surface area contributed by atoms with Gasteiger partial charge in [-0.3, -0.25) is 14.2 Å². The molecule has 0 aromatic carbocycles. The van der Waals surface area contributed by atoms with Crippen molar-refractivity contribution in [2.45, 2.75) is 13.1 Å². The number of nitrogens with one attached hydrogen (secondary N) is 1. The van der Waals surface area contributed by atoms with Gasteiger partial charge in [-0.2, -0.15) is 0 Å². The number of pyridine rings is 1. The molecule has 0 bridgehead atoms. The largest absolute Gasteiger partial charge is 0.368 e. The summed E-state index contributed by atoms with van der Waals surface area (Å²) in [6.45, 7) is 6.49. The quantitative estimate of drug-likeness (QED) is 0.836. The second-order valence-electron chi connectivity index (χ2n) is 7.36. The van der Waals surface area contributed by atoms with Crippen molar-refractivity contribution in [3.63, 3.8) is 0 Å². The fourth-order valence-electron chi connectivity index (χ4n) is 3.94. The minimum atomic E-state index is -0.145. The number of nitrogens with zero attached hydrogens (tertiary/aromatic N) is 5. The Labute approximate surface area is 167 Å². The zero-order valence-electron chi connectivity index (χ0n) is 15.6. The topological polar surface area (TPSA) is 65.2 Å². The Bertz CT molecular complexity index is 1100. The molecule has 2 aromatic rings. The third-order valence-electron chi connectivity index (χ3n) is 5.34. The monoisotopic (exact) mass is 396 g/mol. The highest BCUT2D eigenvalue weighted by atomic mass is 35.5. The number of fused-ring (bicyclic) bond motifs is 2. The number of hydrogen-bond donors (Lipinski definition) is 1. The van der Waals surface area contributed by atoms with Gasteiger partial charge < -0.3 is 15.1 Å². The summed E-state index contributed by atoms with van der Waals surface area (Å²) in [7, 11) is 0. The Kier molecular flexibility index (Phi) is 4.21. The molecule has 0 saturated carbocycles. The second kappa shape index (κ2) is 6.76. The van der Waals surface area contributed by atoms with Crippen LogP contribution >= 0.6 is 11.6 Å². The summed E-state index contributed by atoms with van der Waals surface area (Å²) in [6.07, 6.45) is 5.58. The molecule has 8 heteroatoms. The van der Waals surface area contributed by atoms with Crippen LogP contribution in [0, 0.1) is 0 Å². The first-order chi connectivity index (χ1) is 13.6. The van der Waals surface area contributed by atoms with E-state index >= 15 is 0 Å². The van der Waals surface area contributed by atoms with Crippen molar-refractivity contribution < 1.29 is 0 Å². The first-order valence-corrected chi connectivity index (χ1v) is 9.84. The van der Waals surface area contributed by atoms with E-state index in [1.54, 1.807) is 10.5 Å². The Morgan fingerprint density at radius 2 is 2.07 bits per heavy atom. The highest BCUT2D eigenvalue weighted by Crippen LogP contribution is 2.31. The molecule has 5 rings (SSSR count). The molecule has 1 unspecified atom stereocenters. The molecule has 1 fully saturated rings. The molecule has 7 nitrogen and oxygen atoms in total. The van der Waals surface area contributed by atoms with E-state index in [1.165, 1.54) is 0 Å². The SMILES string of the molecule is CC1=NC2C(Cl)=CC(c3cc(=O)n4cc(N5CCNCC5)ccc4n3)=CN2C1. The molecule has 1 atom stereocenters. The van der Waals surface area contributed by atoms with Gasteiger partial charge in [0.25, 0.3) is 5.56 Å². The van der Waals surface area contributed by atoms with Crippen molar-refractivity contribution in [3.8, 4) is 0 Å². The molecule has 2 aromatic heterocycles. The van der Waals surface area contributed by atoms with Crippen molar-refractivity contribution in [1.82, 2.24) is 19.6 Å². The summed E-state index contributed by atoms with van der Waals surface area (Å²) in [6, 6.07) is 5.51. The van der Waals surface area contributed by atoms with Gasteiger partial charge in [-0.1, -0.05) is 11.6 Å². The first kappa shape index (κ1) is 17.5. The zero-order valence-corrected chi connectivity index (χ0v) is 16.4. The van der Waals surface area contributed by atoms with Crippen LogP contribution in [0.5, 0.6) is 0 Å². The standard InChI is InChI=1S/C20H21ClN6O/c1-13-10-26-11-14(8-16(21)20(26)23-13)17-9-19(28)27-12-15(2-3-18(27)24-17)25-6-4-22-5-7-25/h2-3,8-9,11-12,20,22H,4-7,10H2,1H3. The van der Waals surface area contributed by atoms with Crippen LogP contribution in [0.15, 0.2) is 51.5 Å². The summed E-state index contributed by atoms with van der Waals surface area (Å²) in [5.74, 6) is 0. The second-order valence-corrected chi connectivity index (χ2v) is 7.79. The molecule has 1 saturated heterocycles. The van der Waals surface area contributed by atoms with Crippen molar-refractivity contribution >= 4 is 34.2 Å². The molecule has 0 amide bonds. The van der Waals surface area contributed by atoms with Gasteiger partial charge >= 0.3 is 0 Å². The molecule has 0 aliphatic carbocycles. The minimum absolute atomic E-state index is 0.0987. The number of piperazine rings is 1. The molecule has 5 heterocycles. The summed E-state index contributed by atoms with van der Waals surface area (Å²) >= 11 is 6.44. The Hall–Kier alpha value is -2.64. The van der Waals surface area contributed by atoms with E-state index in [1.807, 2.05) is 37.5 Å². The van der Waals surface area contributed by atoms with Gasteiger partial charge in [-0.25, -0.2) is 4.98 Å². The van der Waals surface area contributed by atoms with E-state index in [2.05, 4.69) is 20.1 Å². The molecule has 28 heavy (non-hydrogen) atoms. The number of aromatic nitrogens is 2. The van der Waals surface area contributed by atoms with E-state index in [4.69, 9.17) is 16.6 Å². The van der Waals surface area contributed by atoms with Crippen molar-refractivity contribution in [3.05, 3.63) is 57.8 Å². The fourth-order valence-corrected chi connectivity index (χ4v) is 4.23. The van der Waals surface area contributed by atoms with Crippen LogP contribution in [-0.2, 0) is 0 Å². The number of aliphatic imine (C=N–C) groups is 1. The van der Waals surface area contributed by atoms with E-state index in [0.717, 1.165) is 49.7 Å². The van der Waals surface area contributed by atoms with Crippen molar-refractivity contribution in [1.29, 1.82) is 0 Å². The number of anilines is 1. The molecular weight excluding hydrogens is 376 g/mol. The number of halogens is 1. The van der Waals surface area contributed by atoms with Gasteiger partial charge in [0, 0.05) is 55.9 Å². The molecule has 3 aliphatic rings. The molecule has 3 aliphatic heterocycles. The maximum absolute atomic E-state index is 12.8. The predicted molar refractivity (Wildman–Crippen MR) is 112 cm³/mol. The zero-order chi connectivity index (χ0) is 19.3. The van der Waals surface area contributed by atoms with Crippen LogP contribution < -0.4 is 15.8 Å². The highest BCUT2D eigenvalue weighted by molar-refractivity contribution is 6.31. The average molecular weight is 397 g/mol. The summed E-state index contributed by atoms with van der Waals surface area (Å²) in [5.41, 5.74) is 4.07. The lowest BCUT2D eigenvalue weighted by Gasteiger charge is -2.29. The van der Waals surface area contributed by atoms with Crippen LogP contribution in [0.2, 0.25) is 0 Å². The first-order valence-electron chi connectivity index (χ1n) is 9.46. The van der Waals surface area contributed by atoms with Gasteiger partial charge in [0.1, 0.15) is 5.65 Å². The summed E-state index contributed by atoms with van der Waals surface area (Å²) < 4.78 is 1.61. The Morgan fingerprint density at radius 3 is 2.89 bits per heavy atom. The lowest BCUT2D eigenvalue weighted by molar-refractivity contribution is 0.390. The molecule has 0 spiro atoms. The molecule has 0 radical (unpaired) electrons. The van der Waals surface area contributed by atoms with Gasteiger partial charge in [0.2, 0.25) is 0 Å². The average Bonchev–Trinajstić information content (AvgIpc) is 3.09. The van der Waals surface area contributed by atoms with Crippen LogP contribution in [0.4, 0.5) is 5.69 Å². The van der Waals surface area contributed by atoms with Crippen LogP contribution in [0.25, 0.3) is 11.2 Å². The Morgan fingerprint density at radius 1 is 1.25 bits per heavy atom. The van der Waals surface area contributed by atoms with Crippen LogP contribution in [-0.4, -0.2) is 58.9 Å². The lowest BCUT2D eigenvalue weighted by Crippen LogP contribution is -2.43. The van der Waals surface area contributed by atoms with Gasteiger partial charge in [0.15, 0.2) is 6.17 Å². The highest BCUT2D eigenvalue weighted by Gasteiger charge is 2.28. The number of hydrogen-bond acceptors (Lipinski definition) is 6. The van der Waals surface area contributed by atoms with Crippen molar-refractivity contribution in [2.75, 3.05) is 37.6 Å². The maximum atomic E-state index is 12.8. The maximum Gasteiger partial charge on any atom is 0.258 e. The van der Waals surface area contributed by atoms with Gasteiger partial charge in [0.05, 0.1) is 23.0 Å². The van der Waals surface area contributed by atoms with Crippen molar-refractivity contribution in [2.24, 2.45) is 4.99 Å². The van der Waals surface area contributed by atoms with E-state index in [-0.39, 0.29) is 11.7 Å². The van der Waals surface area contributed by atoms with E-state index in [9.17, 15) is 4.79 Å². The van der Waals surface area contributed by atoms with Crippen LogP contribution in [0.1, 0.15) is 12.6 Å².